The Hall–Kier alpha value is -2.08. The topological polar surface area (TPSA) is 70.7 Å². The quantitative estimate of drug-likeness (QED) is 0.859. The van der Waals surface area contributed by atoms with E-state index in [1.165, 1.54) is 0 Å². The van der Waals surface area contributed by atoms with Crippen LogP contribution in [0.4, 0.5) is 4.79 Å². The average Bonchev–Trinajstić information content (AvgIpc) is 2.52. The minimum Gasteiger partial charge on any atom is -0.377 e. The molecule has 2 rings (SSSR count). The van der Waals surface area contributed by atoms with Crippen LogP contribution in [0, 0.1) is 0 Å². The maximum absolute atomic E-state index is 12.0. The highest BCUT2D eigenvalue weighted by atomic mass is 16.5. The standard InChI is InChI=1S/C15H21N3O3/c1-12-11-21-8-7-18(12)14(19)10-17-15(20)16-9-13-5-3-2-4-6-13/h2-6,12H,7-11H2,1H3,(H2,16,17,20)/t12-/m0/s1. The molecular formula is C15H21N3O3. The summed E-state index contributed by atoms with van der Waals surface area (Å²) in [4.78, 5) is 25.4. The van der Waals surface area contributed by atoms with Crippen LogP contribution in [-0.4, -0.2) is 49.2 Å². The molecular weight excluding hydrogens is 270 g/mol. The highest BCUT2D eigenvalue weighted by Crippen LogP contribution is 2.05. The summed E-state index contributed by atoms with van der Waals surface area (Å²) < 4.78 is 5.28. The highest BCUT2D eigenvalue weighted by molar-refractivity contribution is 5.84. The first-order valence-electron chi connectivity index (χ1n) is 7.09. The van der Waals surface area contributed by atoms with Gasteiger partial charge in [-0.15, -0.1) is 0 Å². The summed E-state index contributed by atoms with van der Waals surface area (Å²) in [5.74, 6) is -0.0827. The number of carbonyl (C=O) groups excluding carboxylic acids is 2. The van der Waals surface area contributed by atoms with E-state index in [4.69, 9.17) is 4.74 Å². The van der Waals surface area contributed by atoms with E-state index in [-0.39, 0.29) is 24.5 Å². The van der Waals surface area contributed by atoms with Gasteiger partial charge in [0.25, 0.3) is 0 Å². The number of hydrogen-bond acceptors (Lipinski definition) is 3. The van der Waals surface area contributed by atoms with Crippen molar-refractivity contribution in [2.75, 3.05) is 26.3 Å². The van der Waals surface area contributed by atoms with E-state index in [9.17, 15) is 9.59 Å². The van der Waals surface area contributed by atoms with Gasteiger partial charge in [-0.3, -0.25) is 4.79 Å². The van der Waals surface area contributed by atoms with E-state index in [2.05, 4.69) is 10.6 Å². The van der Waals surface area contributed by atoms with Crippen molar-refractivity contribution in [1.82, 2.24) is 15.5 Å². The summed E-state index contributed by atoms with van der Waals surface area (Å²) in [6.45, 7) is 4.06. The Bertz CT molecular complexity index is 478. The Morgan fingerprint density at radius 2 is 2.05 bits per heavy atom. The summed E-state index contributed by atoms with van der Waals surface area (Å²) in [6, 6.07) is 9.33. The molecule has 3 amide bonds. The molecule has 6 nitrogen and oxygen atoms in total. The van der Waals surface area contributed by atoms with Gasteiger partial charge in [0.05, 0.1) is 25.8 Å². The number of hydrogen-bond donors (Lipinski definition) is 2. The van der Waals surface area contributed by atoms with Gasteiger partial charge in [-0.05, 0) is 12.5 Å². The Kier molecular flexibility index (Phi) is 5.57. The summed E-state index contributed by atoms with van der Waals surface area (Å²) in [6.07, 6.45) is 0. The lowest BCUT2D eigenvalue weighted by Crippen LogP contribution is -2.51. The zero-order chi connectivity index (χ0) is 15.1. The normalized spacial score (nSPS) is 18.1. The molecule has 0 unspecified atom stereocenters. The van der Waals surface area contributed by atoms with Crippen LogP contribution in [0.1, 0.15) is 12.5 Å². The summed E-state index contributed by atoms with van der Waals surface area (Å²) in [7, 11) is 0. The van der Waals surface area contributed by atoms with Gasteiger partial charge in [0.15, 0.2) is 0 Å². The molecule has 0 radical (unpaired) electrons. The van der Waals surface area contributed by atoms with Crippen molar-refractivity contribution in [3.63, 3.8) is 0 Å². The van der Waals surface area contributed by atoms with Gasteiger partial charge >= 0.3 is 6.03 Å². The predicted octanol–water partition coefficient (Wildman–Crippen LogP) is 0.733. The van der Waals surface area contributed by atoms with E-state index in [1.54, 1.807) is 4.90 Å². The molecule has 1 aliphatic heterocycles. The lowest BCUT2D eigenvalue weighted by molar-refractivity contribution is -0.137. The van der Waals surface area contributed by atoms with Gasteiger partial charge in [0.1, 0.15) is 0 Å². The zero-order valence-electron chi connectivity index (χ0n) is 12.2. The van der Waals surface area contributed by atoms with Crippen molar-refractivity contribution in [2.45, 2.75) is 19.5 Å². The zero-order valence-corrected chi connectivity index (χ0v) is 12.2. The Balaban J connectivity index is 1.69. The van der Waals surface area contributed by atoms with Crippen LogP contribution in [0.2, 0.25) is 0 Å². The Morgan fingerprint density at radius 3 is 2.76 bits per heavy atom. The molecule has 0 saturated carbocycles. The van der Waals surface area contributed by atoms with Gasteiger partial charge < -0.3 is 20.3 Å². The first-order valence-corrected chi connectivity index (χ1v) is 7.09. The number of morpholine rings is 1. The maximum atomic E-state index is 12.0. The smallest absolute Gasteiger partial charge is 0.315 e. The number of rotatable bonds is 4. The summed E-state index contributed by atoms with van der Waals surface area (Å²) in [5.41, 5.74) is 1.01. The molecule has 0 spiro atoms. The van der Waals surface area contributed by atoms with Crippen molar-refractivity contribution in [1.29, 1.82) is 0 Å². The molecule has 1 saturated heterocycles. The fourth-order valence-corrected chi connectivity index (χ4v) is 2.20. The number of nitrogens with one attached hydrogen (secondary N) is 2. The molecule has 0 aliphatic carbocycles. The molecule has 114 valence electrons. The Labute approximate surface area is 124 Å². The van der Waals surface area contributed by atoms with E-state index < -0.39 is 0 Å². The first-order chi connectivity index (χ1) is 10.2. The monoisotopic (exact) mass is 291 g/mol. The molecule has 1 aliphatic rings. The number of benzene rings is 1. The van der Waals surface area contributed by atoms with Crippen LogP contribution in [-0.2, 0) is 16.1 Å². The molecule has 0 bridgehead atoms. The lowest BCUT2D eigenvalue weighted by Gasteiger charge is -2.33. The van der Waals surface area contributed by atoms with Crippen LogP contribution < -0.4 is 10.6 Å². The van der Waals surface area contributed by atoms with Crippen LogP contribution in [0.5, 0.6) is 0 Å². The van der Waals surface area contributed by atoms with Crippen molar-refractivity contribution < 1.29 is 14.3 Å². The molecule has 1 heterocycles. The van der Waals surface area contributed by atoms with Crippen molar-refractivity contribution >= 4 is 11.9 Å². The van der Waals surface area contributed by atoms with Crippen molar-refractivity contribution in [2.24, 2.45) is 0 Å². The van der Waals surface area contributed by atoms with Crippen LogP contribution in [0.3, 0.4) is 0 Å². The second-order valence-corrected chi connectivity index (χ2v) is 5.03. The molecule has 21 heavy (non-hydrogen) atoms. The fraction of sp³-hybridized carbons (Fsp3) is 0.467. The van der Waals surface area contributed by atoms with Crippen LogP contribution in [0.15, 0.2) is 30.3 Å². The van der Waals surface area contributed by atoms with E-state index >= 15 is 0 Å². The maximum Gasteiger partial charge on any atom is 0.315 e. The second-order valence-electron chi connectivity index (χ2n) is 5.03. The summed E-state index contributed by atoms with van der Waals surface area (Å²) >= 11 is 0. The highest BCUT2D eigenvalue weighted by Gasteiger charge is 2.23. The van der Waals surface area contributed by atoms with Crippen molar-refractivity contribution in [3.05, 3.63) is 35.9 Å². The van der Waals surface area contributed by atoms with Crippen LogP contribution >= 0.6 is 0 Å². The minimum atomic E-state index is -0.340. The average molecular weight is 291 g/mol. The molecule has 1 aromatic rings. The fourth-order valence-electron chi connectivity index (χ4n) is 2.20. The molecule has 1 aromatic carbocycles. The third-order valence-electron chi connectivity index (χ3n) is 3.38. The summed E-state index contributed by atoms with van der Waals surface area (Å²) in [5, 5.41) is 5.31. The van der Waals surface area contributed by atoms with E-state index in [0.717, 1.165) is 5.56 Å². The number of carbonyl (C=O) groups is 2. The van der Waals surface area contributed by atoms with Gasteiger partial charge in [-0.25, -0.2) is 4.79 Å². The lowest BCUT2D eigenvalue weighted by atomic mass is 10.2. The Morgan fingerprint density at radius 1 is 1.29 bits per heavy atom. The molecule has 2 N–H and O–H groups in total. The van der Waals surface area contributed by atoms with E-state index in [0.29, 0.717) is 26.3 Å². The first kappa shape index (κ1) is 15.3. The largest absolute Gasteiger partial charge is 0.377 e. The van der Waals surface area contributed by atoms with E-state index in [1.807, 2.05) is 37.3 Å². The third-order valence-corrected chi connectivity index (χ3v) is 3.38. The van der Waals surface area contributed by atoms with Gasteiger partial charge in [-0.1, -0.05) is 30.3 Å². The molecule has 1 fully saturated rings. The molecule has 0 aromatic heterocycles. The molecule has 6 heteroatoms. The molecule has 1 atom stereocenters. The SMILES string of the molecule is C[C@H]1COCCN1C(=O)CNC(=O)NCc1ccccc1. The van der Waals surface area contributed by atoms with Gasteiger partial charge in [0.2, 0.25) is 5.91 Å². The number of ether oxygens (including phenoxy) is 1. The number of amides is 3. The second kappa shape index (κ2) is 7.64. The van der Waals surface area contributed by atoms with Gasteiger partial charge in [-0.2, -0.15) is 0 Å². The third kappa shape index (κ3) is 4.75. The number of nitrogens with zero attached hydrogens (tertiary/aromatic N) is 1. The number of urea groups is 1. The predicted molar refractivity (Wildman–Crippen MR) is 78.7 cm³/mol. The van der Waals surface area contributed by atoms with Crippen LogP contribution in [0.25, 0.3) is 0 Å². The van der Waals surface area contributed by atoms with Crippen molar-refractivity contribution in [3.8, 4) is 0 Å². The minimum absolute atomic E-state index is 0.00492. The van der Waals surface area contributed by atoms with Gasteiger partial charge in [0, 0.05) is 13.1 Å².